The normalized spacial score (nSPS) is 11.4. The van der Waals surface area contributed by atoms with Crippen LogP contribution in [-0.2, 0) is 7.05 Å². The summed E-state index contributed by atoms with van der Waals surface area (Å²) in [5.74, 6) is 0.773. The highest BCUT2D eigenvalue weighted by molar-refractivity contribution is 7.99. The lowest BCUT2D eigenvalue weighted by molar-refractivity contribution is 0.782. The fourth-order valence-corrected chi connectivity index (χ4v) is 3.28. The standard InChI is InChI=1S/C19H16N6S/c1-14(15-6-4-3-5-7-15)8-10-17-22-23-19(24(17)2)26-16-9-11-18-21-20-13-25(18)12-16/h3-13H,1H2,2H3/b10-8-. The maximum absolute atomic E-state index is 4.28. The SMILES string of the molecule is C=C(/C=C\c1nnc(Sc2ccc3nncn3c2)n1C)c1ccccc1. The lowest BCUT2D eigenvalue weighted by atomic mass is 10.1. The summed E-state index contributed by atoms with van der Waals surface area (Å²) in [6, 6.07) is 14.0. The minimum atomic E-state index is 0.773. The second-order valence-corrected chi connectivity index (χ2v) is 6.73. The van der Waals surface area contributed by atoms with E-state index in [1.807, 2.05) is 76.8 Å². The summed E-state index contributed by atoms with van der Waals surface area (Å²) >= 11 is 1.54. The van der Waals surface area contributed by atoms with E-state index in [-0.39, 0.29) is 0 Å². The van der Waals surface area contributed by atoms with Gasteiger partial charge in [-0.25, -0.2) is 0 Å². The Kier molecular flexibility index (Phi) is 4.37. The van der Waals surface area contributed by atoms with Gasteiger partial charge in [-0.1, -0.05) is 43.0 Å². The van der Waals surface area contributed by atoms with E-state index in [9.17, 15) is 0 Å². The van der Waals surface area contributed by atoms with Gasteiger partial charge in [-0.15, -0.1) is 20.4 Å². The molecule has 0 bridgehead atoms. The van der Waals surface area contributed by atoms with Crippen LogP contribution in [0.25, 0.3) is 17.3 Å². The number of nitrogens with zero attached hydrogens (tertiary/aromatic N) is 6. The minimum Gasteiger partial charge on any atom is -0.305 e. The van der Waals surface area contributed by atoms with Gasteiger partial charge >= 0.3 is 0 Å². The van der Waals surface area contributed by atoms with E-state index in [0.717, 1.165) is 32.7 Å². The van der Waals surface area contributed by atoms with Crippen LogP contribution in [0.1, 0.15) is 11.4 Å². The van der Waals surface area contributed by atoms with Crippen molar-refractivity contribution in [2.24, 2.45) is 7.05 Å². The maximum Gasteiger partial charge on any atom is 0.196 e. The van der Waals surface area contributed by atoms with E-state index in [1.54, 1.807) is 18.1 Å². The third kappa shape index (κ3) is 3.29. The molecule has 0 atom stereocenters. The van der Waals surface area contributed by atoms with E-state index in [2.05, 4.69) is 27.0 Å². The first-order valence-corrected chi connectivity index (χ1v) is 8.81. The van der Waals surface area contributed by atoms with E-state index in [0.29, 0.717) is 0 Å². The maximum atomic E-state index is 4.28. The van der Waals surface area contributed by atoms with Crippen LogP contribution in [0.2, 0.25) is 0 Å². The van der Waals surface area contributed by atoms with Crippen molar-refractivity contribution in [3.63, 3.8) is 0 Å². The molecule has 0 saturated heterocycles. The predicted molar refractivity (Wildman–Crippen MR) is 103 cm³/mol. The van der Waals surface area contributed by atoms with Crippen molar-refractivity contribution in [3.05, 3.63) is 79.0 Å². The number of hydrogen-bond donors (Lipinski definition) is 0. The lowest BCUT2D eigenvalue weighted by Crippen LogP contribution is -1.94. The van der Waals surface area contributed by atoms with Crippen molar-refractivity contribution in [1.82, 2.24) is 29.4 Å². The van der Waals surface area contributed by atoms with Crippen LogP contribution in [0, 0.1) is 0 Å². The Morgan fingerprint density at radius 1 is 1.08 bits per heavy atom. The molecule has 128 valence electrons. The number of hydrogen-bond acceptors (Lipinski definition) is 5. The molecule has 0 aliphatic heterocycles. The van der Waals surface area contributed by atoms with Crippen LogP contribution < -0.4 is 0 Å². The Morgan fingerprint density at radius 2 is 1.92 bits per heavy atom. The van der Waals surface area contributed by atoms with Gasteiger partial charge < -0.3 is 4.57 Å². The van der Waals surface area contributed by atoms with Crippen LogP contribution in [0.15, 0.2) is 77.7 Å². The average molecular weight is 360 g/mol. The molecule has 0 fully saturated rings. The molecule has 3 heterocycles. The van der Waals surface area contributed by atoms with Gasteiger partial charge in [0.2, 0.25) is 0 Å². The Bertz CT molecular complexity index is 1090. The monoisotopic (exact) mass is 360 g/mol. The first kappa shape index (κ1) is 16.3. The van der Waals surface area contributed by atoms with Crippen LogP contribution >= 0.6 is 11.8 Å². The third-order valence-electron chi connectivity index (χ3n) is 3.92. The second kappa shape index (κ2) is 6.97. The van der Waals surface area contributed by atoms with Gasteiger partial charge in [0, 0.05) is 18.1 Å². The molecular weight excluding hydrogens is 344 g/mol. The van der Waals surface area contributed by atoms with Gasteiger partial charge in [0.1, 0.15) is 6.33 Å². The Hall–Kier alpha value is -3.19. The van der Waals surface area contributed by atoms with E-state index < -0.39 is 0 Å². The van der Waals surface area contributed by atoms with E-state index in [1.165, 1.54) is 0 Å². The third-order valence-corrected chi connectivity index (χ3v) is 4.93. The molecule has 0 spiro atoms. The molecular formula is C19H16N6S. The van der Waals surface area contributed by atoms with Gasteiger partial charge in [0.25, 0.3) is 0 Å². The highest BCUT2D eigenvalue weighted by atomic mass is 32.2. The Morgan fingerprint density at radius 3 is 2.77 bits per heavy atom. The highest BCUT2D eigenvalue weighted by Gasteiger charge is 2.09. The molecule has 1 aromatic carbocycles. The van der Waals surface area contributed by atoms with E-state index >= 15 is 0 Å². The zero-order valence-corrected chi connectivity index (χ0v) is 15.0. The number of fused-ring (bicyclic) bond motifs is 1. The number of pyridine rings is 1. The molecule has 0 amide bonds. The fraction of sp³-hybridized carbons (Fsp3) is 0.0526. The summed E-state index contributed by atoms with van der Waals surface area (Å²) < 4.78 is 3.83. The highest BCUT2D eigenvalue weighted by Crippen LogP contribution is 2.26. The number of allylic oxidation sites excluding steroid dienone is 2. The number of benzene rings is 1. The summed E-state index contributed by atoms with van der Waals surface area (Å²) in [5, 5.41) is 17.3. The molecule has 26 heavy (non-hydrogen) atoms. The van der Waals surface area contributed by atoms with E-state index in [4.69, 9.17) is 0 Å². The molecule has 4 rings (SSSR count). The molecule has 0 aliphatic rings. The molecule has 6 nitrogen and oxygen atoms in total. The summed E-state index contributed by atoms with van der Waals surface area (Å²) in [7, 11) is 1.95. The molecule has 0 unspecified atom stereocenters. The fourth-order valence-electron chi connectivity index (χ4n) is 2.46. The van der Waals surface area contributed by atoms with Gasteiger partial charge in [0.05, 0.1) is 0 Å². The summed E-state index contributed by atoms with van der Waals surface area (Å²) in [6.45, 7) is 4.10. The first-order valence-electron chi connectivity index (χ1n) is 8.00. The predicted octanol–water partition coefficient (Wildman–Crippen LogP) is 3.74. The zero-order chi connectivity index (χ0) is 17.9. The second-order valence-electron chi connectivity index (χ2n) is 5.69. The molecule has 0 aliphatic carbocycles. The van der Waals surface area contributed by atoms with Gasteiger partial charge in [-0.05, 0) is 41.1 Å². The quantitative estimate of drug-likeness (QED) is 0.508. The van der Waals surface area contributed by atoms with Crippen molar-refractivity contribution in [1.29, 1.82) is 0 Å². The van der Waals surface area contributed by atoms with Gasteiger partial charge in [-0.3, -0.25) is 4.40 Å². The average Bonchev–Trinajstić information content (AvgIpc) is 3.27. The van der Waals surface area contributed by atoms with Crippen LogP contribution in [0.4, 0.5) is 0 Å². The number of aromatic nitrogens is 6. The summed E-state index contributed by atoms with van der Waals surface area (Å²) in [5.41, 5.74) is 2.83. The van der Waals surface area contributed by atoms with Crippen molar-refractivity contribution in [3.8, 4) is 0 Å². The molecule has 0 radical (unpaired) electrons. The van der Waals surface area contributed by atoms with Crippen molar-refractivity contribution >= 4 is 29.1 Å². The smallest absolute Gasteiger partial charge is 0.196 e. The zero-order valence-electron chi connectivity index (χ0n) is 14.1. The summed E-state index contributed by atoms with van der Waals surface area (Å²) in [4.78, 5) is 1.04. The topological polar surface area (TPSA) is 60.9 Å². The Labute approximate surface area is 154 Å². The summed E-state index contributed by atoms with van der Waals surface area (Å²) in [6.07, 6.45) is 7.53. The molecule has 4 aromatic rings. The van der Waals surface area contributed by atoms with Crippen molar-refractivity contribution in [2.45, 2.75) is 10.1 Å². The Balaban J connectivity index is 1.52. The number of rotatable bonds is 5. The molecule has 0 N–H and O–H groups in total. The van der Waals surface area contributed by atoms with Crippen LogP contribution in [-0.4, -0.2) is 29.4 Å². The lowest BCUT2D eigenvalue weighted by Gasteiger charge is -2.03. The van der Waals surface area contributed by atoms with Gasteiger partial charge in [0.15, 0.2) is 16.6 Å². The molecule has 3 aromatic heterocycles. The molecule has 0 saturated carbocycles. The minimum absolute atomic E-state index is 0.773. The first-order chi connectivity index (χ1) is 12.7. The van der Waals surface area contributed by atoms with Gasteiger partial charge in [-0.2, -0.15) is 0 Å². The van der Waals surface area contributed by atoms with Crippen molar-refractivity contribution in [2.75, 3.05) is 0 Å². The van der Waals surface area contributed by atoms with Crippen LogP contribution in [0.5, 0.6) is 0 Å². The largest absolute Gasteiger partial charge is 0.305 e. The van der Waals surface area contributed by atoms with Crippen LogP contribution in [0.3, 0.4) is 0 Å². The molecule has 7 heteroatoms. The van der Waals surface area contributed by atoms with Crippen molar-refractivity contribution < 1.29 is 0 Å².